The summed E-state index contributed by atoms with van der Waals surface area (Å²) >= 11 is 0. The van der Waals surface area contributed by atoms with Gasteiger partial charge in [-0.15, -0.1) is 0 Å². The van der Waals surface area contributed by atoms with Crippen molar-refractivity contribution in [1.29, 1.82) is 0 Å². The first kappa shape index (κ1) is 9.70. The fourth-order valence-corrected chi connectivity index (χ4v) is 1.37. The highest BCUT2D eigenvalue weighted by Gasteiger charge is 2.35. The zero-order chi connectivity index (χ0) is 10.7. The predicted molar refractivity (Wildman–Crippen MR) is 50.2 cm³/mol. The maximum atomic E-state index is 11.3. The third-order valence-corrected chi connectivity index (χ3v) is 2.21. The molecule has 0 radical (unpaired) electrons. The summed E-state index contributed by atoms with van der Waals surface area (Å²) in [7, 11) is 0. The molecule has 0 saturated carbocycles. The van der Waals surface area contributed by atoms with Crippen molar-refractivity contribution in [2.75, 3.05) is 19.7 Å². The van der Waals surface area contributed by atoms with Gasteiger partial charge in [0.25, 0.3) is 0 Å². The summed E-state index contributed by atoms with van der Waals surface area (Å²) < 4.78 is 9.49. The first-order valence-electron chi connectivity index (χ1n) is 4.60. The van der Waals surface area contributed by atoms with Crippen molar-refractivity contribution in [3.63, 3.8) is 0 Å². The lowest BCUT2D eigenvalue weighted by Gasteiger charge is -2.36. The van der Waals surface area contributed by atoms with E-state index in [-0.39, 0.29) is 18.6 Å². The van der Waals surface area contributed by atoms with Gasteiger partial charge in [0.15, 0.2) is 5.82 Å². The second-order valence-corrected chi connectivity index (χ2v) is 3.26. The second-order valence-electron chi connectivity index (χ2n) is 3.26. The first-order chi connectivity index (χ1) is 7.31. The van der Waals surface area contributed by atoms with Gasteiger partial charge in [-0.2, -0.15) is 4.98 Å². The third-order valence-electron chi connectivity index (χ3n) is 2.21. The molecule has 1 saturated heterocycles. The molecule has 2 rings (SSSR count). The number of amides is 1. The predicted octanol–water partition coefficient (Wildman–Crippen LogP) is 0.791. The van der Waals surface area contributed by atoms with Crippen molar-refractivity contribution in [1.82, 2.24) is 15.0 Å². The molecule has 0 aromatic carbocycles. The number of nitrogens with zero attached hydrogens (tertiary/aromatic N) is 3. The molecule has 0 N–H and O–H groups in total. The number of rotatable bonds is 3. The first-order valence-corrected chi connectivity index (χ1v) is 4.60. The Morgan fingerprint density at radius 3 is 3.20 bits per heavy atom. The number of aromatic nitrogens is 2. The molecule has 6 nitrogen and oxygen atoms in total. The van der Waals surface area contributed by atoms with Crippen LogP contribution in [0.25, 0.3) is 0 Å². The maximum absolute atomic E-state index is 11.3. The van der Waals surface area contributed by atoms with E-state index < -0.39 is 0 Å². The van der Waals surface area contributed by atoms with Crippen LogP contribution in [0.4, 0.5) is 4.79 Å². The van der Waals surface area contributed by atoms with E-state index in [9.17, 15) is 4.79 Å². The fourth-order valence-electron chi connectivity index (χ4n) is 1.37. The Bertz CT molecular complexity index is 343. The quantitative estimate of drug-likeness (QED) is 0.688. The van der Waals surface area contributed by atoms with E-state index in [2.05, 4.69) is 21.2 Å². The van der Waals surface area contributed by atoms with Crippen LogP contribution < -0.4 is 0 Å². The standard InChI is InChI=1S/C9H11N3O3/c1-2-3-14-9(13)12-4-7(5-12)8-10-6-15-11-8/h2,6-7H,1,3-5H2. The monoisotopic (exact) mass is 209 g/mol. The molecule has 1 amide bonds. The van der Waals surface area contributed by atoms with E-state index in [1.807, 2.05) is 0 Å². The number of carbonyl (C=O) groups excluding carboxylic acids is 1. The van der Waals surface area contributed by atoms with Crippen LogP contribution in [-0.4, -0.2) is 40.8 Å². The molecule has 1 fully saturated rings. The van der Waals surface area contributed by atoms with E-state index in [4.69, 9.17) is 4.74 Å². The molecule has 0 unspecified atom stereocenters. The second kappa shape index (κ2) is 4.12. The largest absolute Gasteiger partial charge is 0.445 e. The minimum absolute atomic E-state index is 0.167. The minimum Gasteiger partial charge on any atom is -0.445 e. The molecule has 1 aliphatic heterocycles. The molecule has 1 aromatic rings. The van der Waals surface area contributed by atoms with Gasteiger partial charge in [-0.1, -0.05) is 17.8 Å². The Kier molecular flexibility index (Phi) is 2.66. The minimum atomic E-state index is -0.324. The zero-order valence-corrected chi connectivity index (χ0v) is 8.13. The number of carbonyl (C=O) groups is 1. The van der Waals surface area contributed by atoms with Gasteiger partial charge < -0.3 is 14.2 Å². The van der Waals surface area contributed by atoms with Crippen LogP contribution in [0.5, 0.6) is 0 Å². The van der Waals surface area contributed by atoms with Gasteiger partial charge in [-0.05, 0) is 0 Å². The van der Waals surface area contributed by atoms with Gasteiger partial charge in [-0.25, -0.2) is 4.79 Å². The van der Waals surface area contributed by atoms with Crippen LogP contribution >= 0.6 is 0 Å². The van der Waals surface area contributed by atoms with E-state index in [1.54, 1.807) is 4.90 Å². The average Bonchev–Trinajstić information content (AvgIpc) is 2.65. The Hall–Kier alpha value is -1.85. The topological polar surface area (TPSA) is 68.5 Å². The van der Waals surface area contributed by atoms with Gasteiger partial charge in [0.1, 0.15) is 6.61 Å². The molecule has 15 heavy (non-hydrogen) atoms. The van der Waals surface area contributed by atoms with E-state index in [0.717, 1.165) is 0 Å². The highest BCUT2D eigenvalue weighted by molar-refractivity contribution is 5.69. The number of hydrogen-bond acceptors (Lipinski definition) is 5. The van der Waals surface area contributed by atoms with Crippen molar-refractivity contribution in [3.8, 4) is 0 Å². The van der Waals surface area contributed by atoms with Crippen LogP contribution in [0.1, 0.15) is 11.7 Å². The molecule has 0 spiro atoms. The molecule has 0 aliphatic carbocycles. The van der Waals surface area contributed by atoms with Gasteiger partial charge in [0, 0.05) is 13.1 Å². The van der Waals surface area contributed by atoms with Crippen LogP contribution in [0.15, 0.2) is 23.6 Å². The van der Waals surface area contributed by atoms with Crippen LogP contribution in [0.3, 0.4) is 0 Å². The van der Waals surface area contributed by atoms with Gasteiger partial charge in [0.2, 0.25) is 6.39 Å². The molecule has 2 heterocycles. The third kappa shape index (κ3) is 1.98. The van der Waals surface area contributed by atoms with Crippen molar-refractivity contribution in [3.05, 3.63) is 24.9 Å². The van der Waals surface area contributed by atoms with E-state index in [1.165, 1.54) is 12.5 Å². The molecular formula is C9H11N3O3. The highest BCUT2D eigenvalue weighted by atomic mass is 16.6. The average molecular weight is 209 g/mol. The summed E-state index contributed by atoms with van der Waals surface area (Å²) in [4.78, 5) is 16.8. The molecule has 1 aliphatic rings. The van der Waals surface area contributed by atoms with Crippen LogP contribution in [-0.2, 0) is 4.74 Å². The van der Waals surface area contributed by atoms with Gasteiger partial charge in [-0.3, -0.25) is 0 Å². The summed E-state index contributed by atoms with van der Waals surface area (Å²) in [5.74, 6) is 0.808. The van der Waals surface area contributed by atoms with Crippen molar-refractivity contribution in [2.45, 2.75) is 5.92 Å². The molecule has 0 atom stereocenters. The maximum Gasteiger partial charge on any atom is 0.410 e. The van der Waals surface area contributed by atoms with Gasteiger partial charge >= 0.3 is 6.09 Å². The summed E-state index contributed by atoms with van der Waals surface area (Å²) in [6.45, 7) is 4.86. The molecule has 80 valence electrons. The SMILES string of the molecule is C=CCOC(=O)N1CC(c2ncon2)C1. The van der Waals surface area contributed by atoms with E-state index in [0.29, 0.717) is 18.9 Å². The normalized spacial score (nSPS) is 15.9. The van der Waals surface area contributed by atoms with Crippen molar-refractivity contribution < 1.29 is 14.1 Å². The highest BCUT2D eigenvalue weighted by Crippen LogP contribution is 2.24. The number of ether oxygens (including phenoxy) is 1. The Morgan fingerprint density at radius 1 is 1.80 bits per heavy atom. The van der Waals surface area contributed by atoms with Crippen LogP contribution in [0, 0.1) is 0 Å². The lowest BCUT2D eigenvalue weighted by Crippen LogP contribution is -2.49. The number of likely N-dealkylation sites (tertiary alicyclic amines) is 1. The molecule has 0 bridgehead atoms. The Labute approximate surface area is 86.5 Å². The lowest BCUT2D eigenvalue weighted by atomic mass is 10.0. The lowest BCUT2D eigenvalue weighted by molar-refractivity contribution is 0.0771. The Balaban J connectivity index is 1.78. The summed E-state index contributed by atoms with van der Waals surface area (Å²) in [5.41, 5.74) is 0. The summed E-state index contributed by atoms with van der Waals surface area (Å²) in [6.07, 6.45) is 2.50. The summed E-state index contributed by atoms with van der Waals surface area (Å²) in [6, 6.07) is 0. The summed E-state index contributed by atoms with van der Waals surface area (Å²) in [5, 5.41) is 3.71. The van der Waals surface area contributed by atoms with Crippen LogP contribution in [0.2, 0.25) is 0 Å². The smallest absolute Gasteiger partial charge is 0.410 e. The van der Waals surface area contributed by atoms with Crippen molar-refractivity contribution >= 4 is 6.09 Å². The fraction of sp³-hybridized carbons (Fsp3) is 0.444. The molecule has 1 aromatic heterocycles. The zero-order valence-electron chi connectivity index (χ0n) is 8.13. The Morgan fingerprint density at radius 2 is 2.60 bits per heavy atom. The molecular weight excluding hydrogens is 198 g/mol. The number of hydrogen-bond donors (Lipinski definition) is 0. The van der Waals surface area contributed by atoms with Crippen molar-refractivity contribution in [2.24, 2.45) is 0 Å². The van der Waals surface area contributed by atoms with E-state index >= 15 is 0 Å². The van der Waals surface area contributed by atoms with Gasteiger partial charge in [0.05, 0.1) is 5.92 Å². The molecule has 6 heteroatoms.